The summed E-state index contributed by atoms with van der Waals surface area (Å²) in [6.45, 7) is 5.00. The van der Waals surface area contributed by atoms with Crippen molar-refractivity contribution < 1.29 is 13.5 Å². The van der Waals surface area contributed by atoms with Gasteiger partial charge in [0.1, 0.15) is 11.6 Å². The van der Waals surface area contributed by atoms with Crippen LogP contribution in [0, 0.1) is 12.7 Å². The third-order valence-corrected chi connectivity index (χ3v) is 4.98. The van der Waals surface area contributed by atoms with E-state index < -0.39 is 0 Å². The van der Waals surface area contributed by atoms with Crippen LogP contribution in [-0.2, 0) is 17.8 Å². The number of aryl methyl sites for hydroxylation is 1. The highest BCUT2D eigenvalue weighted by Crippen LogP contribution is 2.24. The van der Waals surface area contributed by atoms with Gasteiger partial charge in [-0.2, -0.15) is 0 Å². The predicted molar refractivity (Wildman–Crippen MR) is 104 cm³/mol. The van der Waals surface area contributed by atoms with Gasteiger partial charge in [-0.15, -0.1) is 0 Å². The van der Waals surface area contributed by atoms with Gasteiger partial charge < -0.3 is 9.15 Å². The maximum Gasteiger partial charge on any atom is 0.226 e. The van der Waals surface area contributed by atoms with E-state index in [2.05, 4.69) is 14.9 Å². The molecule has 0 amide bonds. The summed E-state index contributed by atoms with van der Waals surface area (Å²) in [6, 6.07) is 10.4. The molecular formula is C22H24FN3O2. The number of benzene rings is 1. The summed E-state index contributed by atoms with van der Waals surface area (Å²) in [5.41, 5.74) is 2.71. The number of pyridine rings is 1. The van der Waals surface area contributed by atoms with E-state index in [4.69, 9.17) is 9.15 Å². The molecule has 3 heterocycles. The first-order chi connectivity index (χ1) is 13.7. The van der Waals surface area contributed by atoms with Crippen LogP contribution >= 0.6 is 0 Å². The van der Waals surface area contributed by atoms with E-state index in [1.807, 2.05) is 31.5 Å². The summed E-state index contributed by atoms with van der Waals surface area (Å²) in [7, 11) is 0. The lowest BCUT2D eigenvalue weighted by molar-refractivity contribution is 0.0673. The van der Waals surface area contributed by atoms with Crippen molar-refractivity contribution in [3.05, 3.63) is 71.6 Å². The summed E-state index contributed by atoms with van der Waals surface area (Å²) in [6.07, 6.45) is 6.06. The first-order valence-electron chi connectivity index (χ1n) is 9.62. The van der Waals surface area contributed by atoms with E-state index in [0.717, 1.165) is 44.0 Å². The standard InChI is InChI=1S/C22H24FN3O2/c1-16-21(25-22(28-16)18-4-2-5-19(23)12-18)15-26(14-20-6-3-11-27-20)13-17-7-9-24-10-8-17/h2,4-5,7-10,12,20H,3,6,11,13-15H2,1H3/t20-/m0/s1. The third-order valence-electron chi connectivity index (χ3n) is 4.98. The van der Waals surface area contributed by atoms with Gasteiger partial charge in [0.25, 0.3) is 0 Å². The van der Waals surface area contributed by atoms with Crippen molar-refractivity contribution >= 4 is 0 Å². The number of hydrogen-bond acceptors (Lipinski definition) is 5. The van der Waals surface area contributed by atoms with Crippen LogP contribution in [0.2, 0.25) is 0 Å². The number of hydrogen-bond donors (Lipinski definition) is 0. The summed E-state index contributed by atoms with van der Waals surface area (Å²) < 4.78 is 25.2. The molecule has 1 atom stereocenters. The molecule has 1 aromatic carbocycles. The fourth-order valence-corrected chi connectivity index (χ4v) is 3.54. The molecule has 1 saturated heterocycles. The molecule has 0 radical (unpaired) electrons. The molecule has 2 aromatic heterocycles. The minimum Gasteiger partial charge on any atom is -0.441 e. The predicted octanol–water partition coefficient (Wildman–Crippen LogP) is 4.37. The quantitative estimate of drug-likeness (QED) is 0.608. The molecule has 0 spiro atoms. The van der Waals surface area contributed by atoms with E-state index in [-0.39, 0.29) is 11.9 Å². The molecule has 0 bridgehead atoms. The summed E-state index contributed by atoms with van der Waals surface area (Å²) >= 11 is 0. The number of halogens is 1. The molecule has 4 rings (SSSR count). The van der Waals surface area contributed by atoms with E-state index in [9.17, 15) is 4.39 Å². The van der Waals surface area contributed by atoms with Crippen molar-refractivity contribution in [2.45, 2.75) is 39.0 Å². The molecule has 0 unspecified atom stereocenters. The number of rotatable bonds is 7. The Hall–Kier alpha value is -2.57. The number of oxazole rings is 1. The van der Waals surface area contributed by atoms with Crippen molar-refractivity contribution in [3.63, 3.8) is 0 Å². The Morgan fingerprint density at radius 1 is 1.18 bits per heavy atom. The Morgan fingerprint density at radius 3 is 2.79 bits per heavy atom. The highest BCUT2D eigenvalue weighted by atomic mass is 19.1. The first kappa shape index (κ1) is 18.8. The van der Waals surface area contributed by atoms with E-state index in [1.165, 1.54) is 17.7 Å². The van der Waals surface area contributed by atoms with Crippen molar-refractivity contribution in [1.29, 1.82) is 0 Å². The SMILES string of the molecule is Cc1oc(-c2cccc(F)c2)nc1CN(Cc1ccncc1)C[C@@H]1CCCO1. The Labute approximate surface area is 164 Å². The third kappa shape index (κ3) is 4.64. The topological polar surface area (TPSA) is 51.4 Å². The molecule has 1 aliphatic heterocycles. The average molecular weight is 381 g/mol. The van der Waals surface area contributed by atoms with Gasteiger partial charge in [-0.3, -0.25) is 9.88 Å². The lowest BCUT2D eigenvalue weighted by Gasteiger charge is -2.24. The van der Waals surface area contributed by atoms with E-state index in [0.29, 0.717) is 18.0 Å². The number of nitrogens with zero attached hydrogens (tertiary/aromatic N) is 3. The van der Waals surface area contributed by atoms with Gasteiger partial charge in [0.15, 0.2) is 0 Å². The normalized spacial score (nSPS) is 16.8. The average Bonchev–Trinajstić information content (AvgIpc) is 3.33. The van der Waals surface area contributed by atoms with Crippen LogP contribution in [-0.4, -0.2) is 34.1 Å². The van der Waals surface area contributed by atoms with Gasteiger partial charge in [0.2, 0.25) is 5.89 Å². The molecule has 6 heteroatoms. The van der Waals surface area contributed by atoms with Crippen LogP contribution in [0.15, 0.2) is 53.2 Å². The summed E-state index contributed by atoms with van der Waals surface area (Å²) in [5.74, 6) is 0.909. The van der Waals surface area contributed by atoms with Crippen LogP contribution in [0.1, 0.15) is 29.9 Å². The van der Waals surface area contributed by atoms with Crippen molar-refractivity contribution in [2.75, 3.05) is 13.2 Å². The van der Waals surface area contributed by atoms with Crippen molar-refractivity contribution in [2.24, 2.45) is 0 Å². The van der Waals surface area contributed by atoms with Gasteiger partial charge in [0, 0.05) is 44.2 Å². The van der Waals surface area contributed by atoms with Crippen molar-refractivity contribution in [3.8, 4) is 11.5 Å². The minimum atomic E-state index is -0.299. The Balaban J connectivity index is 1.53. The molecule has 0 N–H and O–H groups in total. The summed E-state index contributed by atoms with van der Waals surface area (Å²) in [4.78, 5) is 11.1. The lowest BCUT2D eigenvalue weighted by Crippen LogP contribution is -2.31. The highest BCUT2D eigenvalue weighted by Gasteiger charge is 2.22. The Kier molecular flexibility index (Phi) is 5.78. The number of ether oxygens (including phenoxy) is 1. The van der Waals surface area contributed by atoms with Crippen LogP contribution in [0.4, 0.5) is 4.39 Å². The van der Waals surface area contributed by atoms with Gasteiger partial charge >= 0.3 is 0 Å². The fraction of sp³-hybridized carbons (Fsp3) is 0.364. The smallest absolute Gasteiger partial charge is 0.226 e. The second-order valence-corrected chi connectivity index (χ2v) is 7.19. The largest absolute Gasteiger partial charge is 0.441 e. The Morgan fingerprint density at radius 2 is 2.04 bits per heavy atom. The zero-order valence-corrected chi connectivity index (χ0v) is 16.0. The van der Waals surface area contributed by atoms with Crippen LogP contribution < -0.4 is 0 Å². The van der Waals surface area contributed by atoms with Crippen LogP contribution in [0.25, 0.3) is 11.5 Å². The fourth-order valence-electron chi connectivity index (χ4n) is 3.54. The van der Waals surface area contributed by atoms with Gasteiger partial charge in [-0.1, -0.05) is 6.07 Å². The molecule has 28 heavy (non-hydrogen) atoms. The maximum atomic E-state index is 13.5. The lowest BCUT2D eigenvalue weighted by atomic mass is 10.2. The zero-order valence-electron chi connectivity index (χ0n) is 16.0. The first-order valence-corrected chi connectivity index (χ1v) is 9.62. The second-order valence-electron chi connectivity index (χ2n) is 7.19. The van der Waals surface area contributed by atoms with Crippen molar-refractivity contribution in [1.82, 2.24) is 14.9 Å². The molecule has 5 nitrogen and oxygen atoms in total. The molecule has 0 aliphatic carbocycles. The van der Waals surface area contributed by atoms with Gasteiger partial charge in [0.05, 0.1) is 11.8 Å². The minimum absolute atomic E-state index is 0.247. The van der Waals surface area contributed by atoms with Gasteiger partial charge in [-0.25, -0.2) is 9.37 Å². The molecule has 0 saturated carbocycles. The summed E-state index contributed by atoms with van der Waals surface area (Å²) in [5, 5.41) is 0. The molecular weight excluding hydrogens is 357 g/mol. The Bertz CT molecular complexity index is 907. The van der Waals surface area contributed by atoms with E-state index in [1.54, 1.807) is 12.1 Å². The molecule has 1 fully saturated rings. The maximum absolute atomic E-state index is 13.5. The monoisotopic (exact) mass is 381 g/mol. The van der Waals surface area contributed by atoms with E-state index >= 15 is 0 Å². The van der Waals surface area contributed by atoms with Crippen LogP contribution in [0.5, 0.6) is 0 Å². The van der Waals surface area contributed by atoms with Crippen LogP contribution in [0.3, 0.4) is 0 Å². The second kappa shape index (κ2) is 8.63. The molecule has 3 aromatic rings. The zero-order chi connectivity index (χ0) is 19.3. The number of aromatic nitrogens is 2. The van der Waals surface area contributed by atoms with Gasteiger partial charge in [-0.05, 0) is 55.7 Å². The highest BCUT2D eigenvalue weighted by molar-refractivity contribution is 5.53. The molecule has 1 aliphatic rings. The molecule has 146 valence electrons.